The van der Waals surface area contributed by atoms with E-state index in [-0.39, 0.29) is 24.5 Å². The summed E-state index contributed by atoms with van der Waals surface area (Å²) in [6.07, 6.45) is 5.29. The SMILES string of the molecule is CCOC(=O)[C@H]1[C@@H](C2CCCCC2)N1C(=O)OCC1c2ccccc2-c2ccccc21. The van der Waals surface area contributed by atoms with Crippen LogP contribution >= 0.6 is 0 Å². The highest BCUT2D eigenvalue weighted by molar-refractivity contribution is 5.88. The number of hydrogen-bond donors (Lipinski definition) is 0. The minimum atomic E-state index is -0.487. The Bertz CT molecular complexity index is 935. The molecule has 2 atom stereocenters. The number of benzene rings is 2. The number of hydrogen-bond acceptors (Lipinski definition) is 4. The summed E-state index contributed by atoms with van der Waals surface area (Å²) < 4.78 is 11.1. The van der Waals surface area contributed by atoms with Crippen molar-refractivity contribution in [3.63, 3.8) is 0 Å². The average Bonchev–Trinajstić information content (AvgIpc) is 3.49. The van der Waals surface area contributed by atoms with Gasteiger partial charge in [0.1, 0.15) is 6.61 Å². The van der Waals surface area contributed by atoms with Crippen molar-refractivity contribution in [2.45, 2.75) is 57.0 Å². The molecule has 31 heavy (non-hydrogen) atoms. The van der Waals surface area contributed by atoms with Crippen LogP contribution in [0.2, 0.25) is 0 Å². The number of esters is 1. The Kier molecular flexibility index (Phi) is 5.43. The van der Waals surface area contributed by atoms with E-state index in [9.17, 15) is 9.59 Å². The molecule has 1 saturated heterocycles. The zero-order valence-electron chi connectivity index (χ0n) is 18.0. The highest BCUT2D eigenvalue weighted by Gasteiger charge is 2.60. The first-order valence-electron chi connectivity index (χ1n) is 11.5. The van der Waals surface area contributed by atoms with Crippen LogP contribution in [0.25, 0.3) is 11.1 Å². The molecule has 0 spiro atoms. The van der Waals surface area contributed by atoms with Gasteiger partial charge in [0, 0.05) is 5.92 Å². The lowest BCUT2D eigenvalue weighted by Gasteiger charge is -2.21. The Morgan fingerprint density at radius 3 is 2.13 bits per heavy atom. The van der Waals surface area contributed by atoms with E-state index in [1.807, 2.05) is 24.3 Å². The lowest BCUT2D eigenvalue weighted by molar-refractivity contribution is -0.143. The number of nitrogens with zero attached hydrogens (tertiary/aromatic N) is 1. The van der Waals surface area contributed by atoms with Gasteiger partial charge in [0.05, 0.1) is 12.6 Å². The zero-order valence-corrected chi connectivity index (χ0v) is 18.0. The van der Waals surface area contributed by atoms with Gasteiger partial charge in [0.25, 0.3) is 0 Å². The Hall–Kier alpha value is -2.82. The maximum atomic E-state index is 13.1. The van der Waals surface area contributed by atoms with Crippen molar-refractivity contribution >= 4 is 12.1 Å². The summed E-state index contributed by atoms with van der Waals surface area (Å²) in [4.78, 5) is 27.2. The molecule has 1 saturated carbocycles. The van der Waals surface area contributed by atoms with E-state index in [4.69, 9.17) is 9.47 Å². The minimum Gasteiger partial charge on any atom is -0.464 e. The molecule has 0 radical (unpaired) electrons. The van der Waals surface area contributed by atoms with E-state index in [0.29, 0.717) is 12.5 Å². The van der Waals surface area contributed by atoms with Crippen LogP contribution in [0.15, 0.2) is 48.5 Å². The van der Waals surface area contributed by atoms with E-state index in [2.05, 4.69) is 24.3 Å². The Morgan fingerprint density at radius 1 is 0.903 bits per heavy atom. The van der Waals surface area contributed by atoms with Crippen LogP contribution in [0, 0.1) is 5.92 Å². The van der Waals surface area contributed by atoms with Crippen molar-refractivity contribution in [2.75, 3.05) is 13.2 Å². The van der Waals surface area contributed by atoms with Crippen LogP contribution in [0.1, 0.15) is 56.1 Å². The first-order valence-corrected chi connectivity index (χ1v) is 11.5. The molecule has 0 aromatic heterocycles. The quantitative estimate of drug-likeness (QED) is 0.498. The predicted molar refractivity (Wildman–Crippen MR) is 118 cm³/mol. The fourth-order valence-electron chi connectivity index (χ4n) is 5.59. The summed E-state index contributed by atoms with van der Waals surface area (Å²) in [7, 11) is 0. The van der Waals surface area contributed by atoms with Crippen molar-refractivity contribution in [3.05, 3.63) is 59.7 Å². The van der Waals surface area contributed by atoms with E-state index in [1.165, 1.54) is 28.7 Å². The highest BCUT2D eigenvalue weighted by Crippen LogP contribution is 2.46. The summed E-state index contributed by atoms with van der Waals surface area (Å²) in [6.45, 7) is 2.40. The molecule has 2 aliphatic carbocycles. The largest absolute Gasteiger partial charge is 0.464 e. The van der Waals surface area contributed by atoms with Gasteiger partial charge < -0.3 is 9.47 Å². The molecule has 5 nitrogen and oxygen atoms in total. The van der Waals surface area contributed by atoms with Crippen LogP contribution in [-0.2, 0) is 14.3 Å². The van der Waals surface area contributed by atoms with E-state index >= 15 is 0 Å². The molecule has 5 rings (SSSR count). The Morgan fingerprint density at radius 2 is 1.52 bits per heavy atom. The molecule has 2 fully saturated rings. The van der Waals surface area contributed by atoms with Gasteiger partial charge in [-0.2, -0.15) is 0 Å². The topological polar surface area (TPSA) is 55.6 Å². The molecule has 2 aromatic carbocycles. The molecule has 5 heteroatoms. The van der Waals surface area contributed by atoms with Gasteiger partial charge in [0.15, 0.2) is 6.04 Å². The molecular formula is C26H29NO4. The van der Waals surface area contributed by atoms with Crippen molar-refractivity contribution < 1.29 is 19.1 Å². The van der Waals surface area contributed by atoms with Crippen LogP contribution in [0.3, 0.4) is 0 Å². The lowest BCUT2D eigenvalue weighted by Crippen LogP contribution is -2.23. The summed E-state index contributed by atoms with van der Waals surface area (Å²) >= 11 is 0. The number of amides is 1. The number of ether oxygens (including phenoxy) is 2. The molecule has 162 valence electrons. The van der Waals surface area contributed by atoms with Crippen LogP contribution in [0.4, 0.5) is 4.79 Å². The van der Waals surface area contributed by atoms with Crippen molar-refractivity contribution in [2.24, 2.45) is 5.92 Å². The third-order valence-electron chi connectivity index (χ3n) is 7.06. The van der Waals surface area contributed by atoms with Crippen LogP contribution in [0.5, 0.6) is 0 Å². The third kappa shape index (κ3) is 3.60. The molecule has 0 unspecified atom stereocenters. The van der Waals surface area contributed by atoms with Gasteiger partial charge in [-0.15, -0.1) is 0 Å². The maximum absolute atomic E-state index is 13.1. The van der Waals surface area contributed by atoms with E-state index in [1.54, 1.807) is 11.8 Å². The van der Waals surface area contributed by atoms with E-state index < -0.39 is 12.1 Å². The van der Waals surface area contributed by atoms with Gasteiger partial charge in [-0.25, -0.2) is 9.59 Å². The molecule has 2 aromatic rings. The minimum absolute atomic E-state index is 0.0190. The second-order valence-corrected chi connectivity index (χ2v) is 8.80. The Labute approximate surface area is 183 Å². The average molecular weight is 420 g/mol. The fraction of sp³-hybridized carbons (Fsp3) is 0.462. The van der Waals surface area contributed by atoms with Gasteiger partial charge in [-0.05, 0) is 47.9 Å². The predicted octanol–water partition coefficient (Wildman–Crippen LogP) is 5.13. The monoisotopic (exact) mass is 419 g/mol. The maximum Gasteiger partial charge on any atom is 0.410 e. The highest BCUT2D eigenvalue weighted by atomic mass is 16.6. The van der Waals surface area contributed by atoms with Gasteiger partial charge in [0.2, 0.25) is 0 Å². The second-order valence-electron chi connectivity index (χ2n) is 8.80. The first-order chi connectivity index (χ1) is 15.2. The molecule has 3 aliphatic rings. The smallest absolute Gasteiger partial charge is 0.410 e. The van der Waals surface area contributed by atoms with Crippen LogP contribution < -0.4 is 0 Å². The number of fused-ring (bicyclic) bond motifs is 3. The molecule has 1 aliphatic heterocycles. The normalized spacial score (nSPS) is 22.5. The first kappa shape index (κ1) is 20.1. The fourth-order valence-corrected chi connectivity index (χ4v) is 5.59. The summed E-state index contributed by atoms with van der Waals surface area (Å²) in [5.74, 6) is 0.0840. The van der Waals surface area contributed by atoms with Crippen molar-refractivity contribution in [1.29, 1.82) is 0 Å². The molecule has 1 amide bonds. The van der Waals surface area contributed by atoms with Gasteiger partial charge in [-0.3, -0.25) is 4.90 Å². The van der Waals surface area contributed by atoms with Crippen molar-refractivity contribution in [3.8, 4) is 11.1 Å². The second kappa shape index (κ2) is 8.37. The molecule has 0 N–H and O–H groups in total. The number of rotatable bonds is 5. The van der Waals surface area contributed by atoms with E-state index in [0.717, 1.165) is 25.7 Å². The van der Waals surface area contributed by atoms with Gasteiger partial charge >= 0.3 is 12.1 Å². The number of carbonyl (C=O) groups is 2. The third-order valence-corrected chi connectivity index (χ3v) is 7.06. The number of carbonyl (C=O) groups excluding carboxylic acids is 2. The van der Waals surface area contributed by atoms with Crippen LogP contribution in [-0.4, -0.2) is 42.3 Å². The molecule has 1 heterocycles. The van der Waals surface area contributed by atoms with Gasteiger partial charge in [-0.1, -0.05) is 67.8 Å². The Balaban J connectivity index is 1.31. The molecular weight excluding hydrogens is 390 g/mol. The standard InChI is InChI=1S/C26H29NO4/c1-2-30-25(28)24-23(17-10-4-3-5-11-17)27(24)26(29)31-16-22-20-14-8-6-12-18(20)19-13-7-9-15-21(19)22/h6-9,12-15,17,22-24H,2-5,10-11,16H2,1H3/t23-,24-,27?/m1/s1. The summed E-state index contributed by atoms with van der Waals surface area (Å²) in [5.41, 5.74) is 4.78. The zero-order chi connectivity index (χ0) is 21.4. The van der Waals surface area contributed by atoms with Crippen molar-refractivity contribution in [1.82, 2.24) is 4.90 Å². The molecule has 0 bridgehead atoms. The summed E-state index contributed by atoms with van der Waals surface area (Å²) in [5, 5.41) is 0. The lowest BCUT2D eigenvalue weighted by atomic mass is 9.85. The summed E-state index contributed by atoms with van der Waals surface area (Å²) in [6, 6.07) is 16.0.